The molecule has 1 atom stereocenters. The Balaban J connectivity index is 3.54. The van der Waals surface area contributed by atoms with E-state index in [1.807, 2.05) is 0 Å². The Kier molecular flexibility index (Phi) is 18.9. The van der Waals surface area contributed by atoms with Gasteiger partial charge < -0.3 is 19.3 Å². The Morgan fingerprint density at radius 3 is 1.96 bits per heavy atom. The molecule has 0 saturated heterocycles. The number of aliphatic hydroxyl groups is 1. The molecule has 0 aromatic rings. The van der Waals surface area contributed by atoms with Crippen molar-refractivity contribution >= 4 is 11.9 Å². The van der Waals surface area contributed by atoms with Crippen LogP contribution in [0.15, 0.2) is 24.8 Å². The van der Waals surface area contributed by atoms with Gasteiger partial charge in [0.05, 0.1) is 19.8 Å². The number of ether oxygens (including phenoxy) is 3. The fraction of sp³-hybridized carbons (Fsp3) is 0.727. The first-order chi connectivity index (χ1) is 13.6. The van der Waals surface area contributed by atoms with E-state index in [0.29, 0.717) is 13.2 Å². The Hall–Kier alpha value is -1.66. The lowest BCUT2D eigenvalue weighted by molar-refractivity contribution is -0.143. The van der Waals surface area contributed by atoms with Gasteiger partial charge in [-0.15, -0.1) is 6.58 Å². The number of unbranched alkanes of at least 4 members (excludes halogenated alkanes) is 9. The smallest absolute Gasteiger partial charge is 0.331 e. The van der Waals surface area contributed by atoms with Gasteiger partial charge in [0.1, 0.15) is 12.7 Å². The van der Waals surface area contributed by atoms with Gasteiger partial charge in [0.2, 0.25) is 0 Å². The van der Waals surface area contributed by atoms with Crippen LogP contribution in [0.2, 0.25) is 0 Å². The standard InChI is InChI=1S/C22H38O6/c1-3-5-6-7-8-9-10-11-12-13-17-27-21(24)14-15-22(25)28-19-20(23)18-26-16-4-2/h4,14-15,20,23H,2-3,5-13,16-19H2,1H3/b15-14-. The van der Waals surface area contributed by atoms with Crippen molar-refractivity contribution in [3.05, 3.63) is 24.8 Å². The second kappa shape index (κ2) is 20.1. The molecule has 0 aromatic heterocycles. The molecule has 0 rings (SSSR count). The van der Waals surface area contributed by atoms with Gasteiger partial charge in [0.25, 0.3) is 0 Å². The van der Waals surface area contributed by atoms with Crippen molar-refractivity contribution < 1.29 is 28.9 Å². The topological polar surface area (TPSA) is 82.1 Å². The molecule has 0 amide bonds. The first-order valence-corrected chi connectivity index (χ1v) is 10.5. The Labute approximate surface area is 169 Å². The maximum absolute atomic E-state index is 11.5. The van der Waals surface area contributed by atoms with E-state index in [2.05, 4.69) is 13.5 Å². The molecule has 0 spiro atoms. The van der Waals surface area contributed by atoms with Gasteiger partial charge in [-0.05, 0) is 6.42 Å². The average molecular weight is 399 g/mol. The molecular weight excluding hydrogens is 360 g/mol. The molecule has 1 unspecified atom stereocenters. The van der Waals surface area contributed by atoms with Crippen molar-refractivity contribution in [1.29, 1.82) is 0 Å². The molecule has 28 heavy (non-hydrogen) atoms. The highest BCUT2D eigenvalue weighted by molar-refractivity contribution is 5.91. The number of carbonyl (C=O) groups excluding carboxylic acids is 2. The van der Waals surface area contributed by atoms with Crippen LogP contribution in [0.5, 0.6) is 0 Å². The van der Waals surface area contributed by atoms with Crippen molar-refractivity contribution in [2.45, 2.75) is 77.2 Å². The SMILES string of the molecule is C=CCOCC(O)COC(=O)/C=C\C(=O)OCCCCCCCCCCCC. The maximum atomic E-state index is 11.5. The normalized spacial score (nSPS) is 12.1. The van der Waals surface area contributed by atoms with E-state index in [1.165, 1.54) is 44.9 Å². The van der Waals surface area contributed by atoms with Crippen molar-refractivity contribution in [2.24, 2.45) is 0 Å². The molecule has 6 nitrogen and oxygen atoms in total. The molecule has 0 saturated carbocycles. The van der Waals surface area contributed by atoms with E-state index in [-0.39, 0.29) is 13.2 Å². The summed E-state index contributed by atoms with van der Waals surface area (Å²) in [7, 11) is 0. The van der Waals surface area contributed by atoms with Crippen LogP contribution in [-0.4, -0.2) is 49.6 Å². The lowest BCUT2D eigenvalue weighted by Gasteiger charge is -2.09. The van der Waals surface area contributed by atoms with Crippen molar-refractivity contribution in [3.63, 3.8) is 0 Å². The third-order valence-electron chi connectivity index (χ3n) is 4.06. The molecule has 0 bridgehead atoms. The molecule has 162 valence electrons. The van der Waals surface area contributed by atoms with Gasteiger partial charge in [0, 0.05) is 12.2 Å². The molecule has 0 fully saturated rings. The van der Waals surface area contributed by atoms with Crippen molar-refractivity contribution in [3.8, 4) is 0 Å². The summed E-state index contributed by atoms with van der Waals surface area (Å²) < 4.78 is 14.9. The van der Waals surface area contributed by atoms with Gasteiger partial charge in [-0.3, -0.25) is 0 Å². The third kappa shape index (κ3) is 19.1. The fourth-order valence-electron chi connectivity index (χ4n) is 2.51. The van der Waals surface area contributed by atoms with Gasteiger partial charge in [0.15, 0.2) is 0 Å². The van der Waals surface area contributed by atoms with Gasteiger partial charge in [-0.1, -0.05) is 70.8 Å². The minimum atomic E-state index is -0.916. The summed E-state index contributed by atoms with van der Waals surface area (Å²) in [5.41, 5.74) is 0. The molecule has 0 radical (unpaired) electrons. The van der Waals surface area contributed by atoms with Crippen LogP contribution in [0.3, 0.4) is 0 Å². The monoisotopic (exact) mass is 398 g/mol. The number of esters is 2. The van der Waals surface area contributed by atoms with Crippen LogP contribution in [0.1, 0.15) is 71.1 Å². The van der Waals surface area contributed by atoms with Crippen LogP contribution in [0, 0.1) is 0 Å². The minimum Gasteiger partial charge on any atom is -0.463 e. The first kappa shape index (κ1) is 26.3. The second-order valence-corrected chi connectivity index (χ2v) is 6.79. The molecule has 0 aromatic carbocycles. The van der Waals surface area contributed by atoms with E-state index in [4.69, 9.17) is 14.2 Å². The van der Waals surface area contributed by atoms with E-state index in [0.717, 1.165) is 31.4 Å². The number of rotatable bonds is 19. The van der Waals surface area contributed by atoms with Crippen molar-refractivity contribution in [2.75, 3.05) is 26.4 Å². The molecular formula is C22H38O6. The zero-order valence-electron chi connectivity index (χ0n) is 17.4. The summed E-state index contributed by atoms with van der Waals surface area (Å²) in [4.78, 5) is 23.0. The summed E-state index contributed by atoms with van der Waals surface area (Å²) in [5, 5.41) is 9.52. The zero-order valence-corrected chi connectivity index (χ0v) is 17.4. The Bertz CT molecular complexity index is 433. The van der Waals surface area contributed by atoms with Gasteiger partial charge in [-0.2, -0.15) is 0 Å². The fourth-order valence-corrected chi connectivity index (χ4v) is 2.51. The van der Waals surface area contributed by atoms with Crippen molar-refractivity contribution in [1.82, 2.24) is 0 Å². The van der Waals surface area contributed by atoms with Crippen LogP contribution < -0.4 is 0 Å². The predicted molar refractivity (Wildman–Crippen MR) is 110 cm³/mol. The number of carbonyl (C=O) groups is 2. The molecule has 0 aliphatic carbocycles. The minimum absolute atomic E-state index is 0.0455. The highest BCUT2D eigenvalue weighted by Crippen LogP contribution is 2.10. The van der Waals surface area contributed by atoms with E-state index < -0.39 is 18.0 Å². The summed E-state index contributed by atoms with van der Waals surface area (Å²) in [6, 6.07) is 0. The largest absolute Gasteiger partial charge is 0.463 e. The van der Waals surface area contributed by atoms with Crippen LogP contribution >= 0.6 is 0 Å². The number of aliphatic hydroxyl groups excluding tert-OH is 1. The second-order valence-electron chi connectivity index (χ2n) is 6.79. The zero-order chi connectivity index (χ0) is 20.9. The van der Waals surface area contributed by atoms with Crippen LogP contribution in [0.4, 0.5) is 0 Å². The van der Waals surface area contributed by atoms with Gasteiger partial charge >= 0.3 is 11.9 Å². The summed E-state index contributed by atoms with van der Waals surface area (Å²) in [6.45, 7) is 6.22. The summed E-state index contributed by atoms with van der Waals surface area (Å²) in [6.07, 6.45) is 14.8. The lowest BCUT2D eigenvalue weighted by Crippen LogP contribution is -2.23. The first-order valence-electron chi connectivity index (χ1n) is 10.5. The van der Waals surface area contributed by atoms with Crippen LogP contribution in [0.25, 0.3) is 0 Å². The predicted octanol–water partition coefficient (Wildman–Crippen LogP) is 4.11. The highest BCUT2D eigenvalue weighted by Gasteiger charge is 2.07. The summed E-state index contributed by atoms with van der Waals surface area (Å²) in [5.74, 6) is -1.28. The molecule has 6 heteroatoms. The van der Waals surface area contributed by atoms with E-state index in [9.17, 15) is 14.7 Å². The third-order valence-corrected chi connectivity index (χ3v) is 4.06. The molecule has 0 heterocycles. The highest BCUT2D eigenvalue weighted by atomic mass is 16.5. The molecule has 1 N–H and O–H groups in total. The Morgan fingerprint density at radius 2 is 1.39 bits per heavy atom. The number of hydrogen-bond donors (Lipinski definition) is 1. The molecule has 0 aliphatic rings. The Morgan fingerprint density at radius 1 is 0.857 bits per heavy atom. The maximum Gasteiger partial charge on any atom is 0.331 e. The quantitative estimate of drug-likeness (QED) is 0.153. The van der Waals surface area contributed by atoms with E-state index >= 15 is 0 Å². The molecule has 0 aliphatic heterocycles. The van der Waals surface area contributed by atoms with E-state index in [1.54, 1.807) is 6.08 Å². The average Bonchev–Trinajstić information content (AvgIpc) is 2.69. The lowest BCUT2D eigenvalue weighted by atomic mass is 10.1. The summed E-state index contributed by atoms with van der Waals surface area (Å²) >= 11 is 0. The number of hydrogen-bond acceptors (Lipinski definition) is 6. The van der Waals surface area contributed by atoms with Crippen LogP contribution in [-0.2, 0) is 23.8 Å². The van der Waals surface area contributed by atoms with Gasteiger partial charge in [-0.25, -0.2) is 9.59 Å².